The Morgan fingerprint density at radius 3 is 2.11 bits per heavy atom. The van der Waals surface area contributed by atoms with Crippen LogP contribution >= 0.6 is 0 Å². The van der Waals surface area contributed by atoms with Crippen molar-refractivity contribution in [2.75, 3.05) is 27.9 Å². The molecule has 1 aromatic carbocycles. The molecule has 0 radical (unpaired) electrons. The zero-order valence-electron chi connectivity index (χ0n) is 16.5. The van der Waals surface area contributed by atoms with Gasteiger partial charge in [0.05, 0.1) is 39.9 Å². The number of nitrogens with zero attached hydrogens (tertiary/aromatic N) is 1. The summed E-state index contributed by atoms with van der Waals surface area (Å²) in [4.78, 5) is 37.2. The molecule has 2 aromatic rings. The summed E-state index contributed by atoms with van der Waals surface area (Å²) in [5, 5.41) is 0. The van der Waals surface area contributed by atoms with E-state index >= 15 is 0 Å². The quantitative estimate of drug-likeness (QED) is 0.530. The summed E-state index contributed by atoms with van der Waals surface area (Å²) in [6, 6.07) is 6.91. The molecular weight excluding hydrogens is 366 g/mol. The van der Waals surface area contributed by atoms with Crippen molar-refractivity contribution >= 4 is 17.9 Å². The molecule has 2 rings (SSSR count). The van der Waals surface area contributed by atoms with E-state index in [4.69, 9.17) is 18.9 Å². The number of benzene rings is 1. The minimum absolute atomic E-state index is 0.0682. The van der Waals surface area contributed by atoms with Gasteiger partial charge < -0.3 is 23.5 Å². The molecule has 0 atom stereocenters. The first kappa shape index (κ1) is 21.0. The molecule has 0 saturated carbocycles. The summed E-state index contributed by atoms with van der Waals surface area (Å²) in [6.45, 7) is 3.50. The highest BCUT2D eigenvalue weighted by Crippen LogP contribution is 2.30. The Morgan fingerprint density at radius 1 is 0.964 bits per heavy atom. The van der Waals surface area contributed by atoms with Gasteiger partial charge in [-0.05, 0) is 38.1 Å². The van der Waals surface area contributed by atoms with Crippen molar-refractivity contribution in [2.24, 2.45) is 0 Å². The molecule has 0 aliphatic rings. The van der Waals surface area contributed by atoms with Crippen LogP contribution in [0, 0.1) is 6.92 Å². The number of hydrogen-bond acceptors (Lipinski definition) is 7. The molecule has 28 heavy (non-hydrogen) atoms. The van der Waals surface area contributed by atoms with E-state index in [0.29, 0.717) is 17.1 Å². The molecule has 0 aliphatic heterocycles. The van der Waals surface area contributed by atoms with E-state index in [2.05, 4.69) is 0 Å². The monoisotopic (exact) mass is 389 g/mol. The zero-order chi connectivity index (χ0) is 20.8. The van der Waals surface area contributed by atoms with Gasteiger partial charge in [0.25, 0.3) is 0 Å². The van der Waals surface area contributed by atoms with E-state index in [1.54, 1.807) is 49.8 Å². The number of carbonyl (C=O) groups excluding carboxylic acids is 3. The Balaban J connectivity index is 2.81. The van der Waals surface area contributed by atoms with E-state index in [-0.39, 0.29) is 29.8 Å². The Kier molecular flexibility index (Phi) is 6.81. The largest absolute Gasteiger partial charge is 0.497 e. The van der Waals surface area contributed by atoms with Gasteiger partial charge in [0.15, 0.2) is 0 Å². The normalized spacial score (nSPS) is 10.3. The molecule has 0 N–H and O–H groups in total. The second kappa shape index (κ2) is 9.07. The molecule has 8 heteroatoms. The van der Waals surface area contributed by atoms with Crippen molar-refractivity contribution in [1.82, 2.24) is 4.57 Å². The number of esters is 3. The second-order valence-electron chi connectivity index (χ2n) is 5.79. The molecule has 0 aliphatic carbocycles. The first-order valence-electron chi connectivity index (χ1n) is 8.60. The maximum absolute atomic E-state index is 12.6. The van der Waals surface area contributed by atoms with Gasteiger partial charge in [0.2, 0.25) is 0 Å². The lowest BCUT2D eigenvalue weighted by Gasteiger charge is -2.12. The molecule has 0 spiro atoms. The fraction of sp³-hybridized carbons (Fsp3) is 0.350. The number of ether oxygens (including phenoxy) is 4. The summed E-state index contributed by atoms with van der Waals surface area (Å²) < 4.78 is 21.5. The maximum Gasteiger partial charge on any atom is 0.355 e. The molecule has 150 valence electrons. The van der Waals surface area contributed by atoms with E-state index in [1.807, 2.05) is 0 Å². The zero-order valence-corrected chi connectivity index (χ0v) is 16.5. The van der Waals surface area contributed by atoms with Crippen LogP contribution < -0.4 is 4.74 Å². The van der Waals surface area contributed by atoms with Crippen LogP contribution in [0.2, 0.25) is 0 Å². The van der Waals surface area contributed by atoms with Gasteiger partial charge in [-0.3, -0.25) is 4.79 Å². The van der Waals surface area contributed by atoms with Gasteiger partial charge in [-0.25, -0.2) is 9.59 Å². The van der Waals surface area contributed by atoms with Crippen LogP contribution in [0.4, 0.5) is 0 Å². The molecule has 0 unspecified atom stereocenters. The molecular formula is C20H23NO7. The number of carbonyl (C=O) groups is 3. The minimum atomic E-state index is -0.687. The average molecular weight is 389 g/mol. The van der Waals surface area contributed by atoms with E-state index in [0.717, 1.165) is 0 Å². The van der Waals surface area contributed by atoms with Gasteiger partial charge in [-0.1, -0.05) is 0 Å². The highest BCUT2D eigenvalue weighted by atomic mass is 16.5. The van der Waals surface area contributed by atoms with Gasteiger partial charge in [-0.15, -0.1) is 0 Å². The minimum Gasteiger partial charge on any atom is -0.497 e. The molecule has 0 saturated heterocycles. The average Bonchev–Trinajstić information content (AvgIpc) is 2.99. The molecule has 0 fully saturated rings. The smallest absolute Gasteiger partial charge is 0.355 e. The van der Waals surface area contributed by atoms with E-state index in [1.165, 1.54) is 14.2 Å². The van der Waals surface area contributed by atoms with Crippen molar-refractivity contribution in [2.45, 2.75) is 20.3 Å². The van der Waals surface area contributed by atoms with Crippen LogP contribution in [0.15, 0.2) is 24.3 Å². The van der Waals surface area contributed by atoms with Crippen LogP contribution in [0.1, 0.15) is 39.0 Å². The Bertz CT molecular complexity index is 881. The van der Waals surface area contributed by atoms with E-state index < -0.39 is 17.9 Å². The lowest BCUT2D eigenvalue weighted by molar-refractivity contribution is -0.139. The summed E-state index contributed by atoms with van der Waals surface area (Å²) in [5.41, 5.74) is 1.45. The van der Waals surface area contributed by atoms with Gasteiger partial charge in [0.1, 0.15) is 11.4 Å². The predicted molar refractivity (Wildman–Crippen MR) is 100 cm³/mol. The third-order valence-corrected chi connectivity index (χ3v) is 4.25. The van der Waals surface area contributed by atoms with Crippen molar-refractivity contribution in [3.63, 3.8) is 0 Å². The predicted octanol–water partition coefficient (Wildman–Crippen LogP) is 2.47. The van der Waals surface area contributed by atoms with Gasteiger partial charge in [-0.2, -0.15) is 0 Å². The van der Waals surface area contributed by atoms with Crippen molar-refractivity contribution in [1.29, 1.82) is 0 Å². The first-order valence-corrected chi connectivity index (χ1v) is 8.60. The summed E-state index contributed by atoms with van der Waals surface area (Å²) in [5.74, 6) is -1.28. The SMILES string of the molecule is CCOC(=O)c1c(CC(=O)OC)c(C(=O)OC)n(-c2ccc(OC)cc2)c1C. The summed E-state index contributed by atoms with van der Waals surface area (Å²) in [6.07, 6.45) is -0.279. The van der Waals surface area contributed by atoms with Crippen molar-refractivity contribution in [3.8, 4) is 11.4 Å². The van der Waals surface area contributed by atoms with E-state index in [9.17, 15) is 14.4 Å². The Morgan fingerprint density at radius 2 is 1.61 bits per heavy atom. The molecule has 1 heterocycles. The Labute approximate surface area is 162 Å². The number of aromatic nitrogens is 1. The number of rotatable bonds is 7. The highest BCUT2D eigenvalue weighted by molar-refractivity contribution is 6.01. The van der Waals surface area contributed by atoms with Crippen LogP contribution in [-0.4, -0.2) is 50.4 Å². The molecule has 8 nitrogen and oxygen atoms in total. The van der Waals surface area contributed by atoms with Crippen LogP contribution in [-0.2, 0) is 25.4 Å². The molecule has 0 bridgehead atoms. The first-order chi connectivity index (χ1) is 13.4. The van der Waals surface area contributed by atoms with Crippen LogP contribution in [0.3, 0.4) is 0 Å². The highest BCUT2D eigenvalue weighted by Gasteiger charge is 2.32. The number of methoxy groups -OCH3 is 3. The van der Waals surface area contributed by atoms with Gasteiger partial charge >= 0.3 is 17.9 Å². The van der Waals surface area contributed by atoms with Crippen LogP contribution in [0.25, 0.3) is 5.69 Å². The van der Waals surface area contributed by atoms with Crippen LogP contribution in [0.5, 0.6) is 5.75 Å². The molecule has 1 aromatic heterocycles. The summed E-state index contributed by atoms with van der Waals surface area (Å²) >= 11 is 0. The molecule has 0 amide bonds. The fourth-order valence-corrected chi connectivity index (χ4v) is 2.98. The third-order valence-electron chi connectivity index (χ3n) is 4.25. The fourth-order valence-electron chi connectivity index (χ4n) is 2.98. The van der Waals surface area contributed by atoms with Gasteiger partial charge in [0, 0.05) is 16.9 Å². The Hall–Kier alpha value is -3.29. The topological polar surface area (TPSA) is 93.1 Å². The summed E-state index contributed by atoms with van der Waals surface area (Å²) in [7, 11) is 4.01. The second-order valence-corrected chi connectivity index (χ2v) is 5.79. The van der Waals surface area contributed by atoms with Crippen molar-refractivity contribution in [3.05, 3.63) is 46.8 Å². The standard InChI is InChI=1S/C20H23NO7/c1-6-28-19(23)17-12(2)21(13-7-9-14(25-3)10-8-13)18(20(24)27-5)15(17)11-16(22)26-4/h7-10H,6,11H2,1-5H3. The number of hydrogen-bond donors (Lipinski definition) is 0. The maximum atomic E-state index is 12.6. The lowest BCUT2D eigenvalue weighted by atomic mass is 10.1. The lowest BCUT2D eigenvalue weighted by Crippen LogP contribution is -2.16. The third kappa shape index (κ3) is 4.00. The van der Waals surface area contributed by atoms with Crippen molar-refractivity contribution < 1.29 is 33.3 Å².